The summed E-state index contributed by atoms with van der Waals surface area (Å²) < 4.78 is 2.03. The van der Waals surface area contributed by atoms with Crippen LogP contribution in [0.4, 0.5) is 0 Å². The lowest BCUT2D eigenvalue weighted by atomic mass is 9.97. The monoisotopic (exact) mass is 324 g/mol. The number of rotatable bonds is 2. The van der Waals surface area contributed by atoms with Gasteiger partial charge in [0.2, 0.25) is 0 Å². The molecule has 2 unspecified atom stereocenters. The second-order valence-electron chi connectivity index (χ2n) is 7.68. The first kappa shape index (κ1) is 14.5. The van der Waals surface area contributed by atoms with E-state index in [0.29, 0.717) is 23.8 Å². The predicted octanol–water partition coefficient (Wildman–Crippen LogP) is 2.34. The molecule has 5 rings (SSSR count). The molecule has 5 nitrogen and oxygen atoms in total. The Bertz CT molecular complexity index is 797. The molecule has 1 N–H and O–H groups in total. The minimum absolute atomic E-state index is 0.00625. The quantitative estimate of drug-likeness (QED) is 0.922. The van der Waals surface area contributed by atoms with Gasteiger partial charge in [-0.15, -0.1) is 0 Å². The molecular weight excluding hydrogens is 300 g/mol. The smallest absolute Gasteiger partial charge is 0.272 e. The molecule has 0 radical (unpaired) electrons. The van der Waals surface area contributed by atoms with Crippen molar-refractivity contribution >= 4 is 16.8 Å². The van der Waals surface area contributed by atoms with Crippen LogP contribution >= 0.6 is 0 Å². The number of hydrogen-bond donors (Lipinski definition) is 1. The van der Waals surface area contributed by atoms with E-state index in [1.807, 2.05) is 10.7 Å². The lowest BCUT2D eigenvalue weighted by Crippen LogP contribution is -2.48. The number of aromatic nitrogens is 2. The summed E-state index contributed by atoms with van der Waals surface area (Å²) in [6.07, 6.45) is 6.88. The van der Waals surface area contributed by atoms with E-state index in [0.717, 1.165) is 43.1 Å². The summed E-state index contributed by atoms with van der Waals surface area (Å²) in [4.78, 5) is 15.4. The maximum atomic E-state index is 12.9. The third kappa shape index (κ3) is 2.10. The molecule has 2 aromatic rings. The van der Waals surface area contributed by atoms with Crippen LogP contribution in [-0.4, -0.2) is 45.8 Å². The Kier molecular flexibility index (Phi) is 3.20. The Hall–Kier alpha value is -1.88. The Morgan fingerprint density at radius 3 is 2.83 bits per heavy atom. The number of carbonyl (C=O) groups is 1. The van der Waals surface area contributed by atoms with Gasteiger partial charge < -0.3 is 10.2 Å². The van der Waals surface area contributed by atoms with Crippen molar-refractivity contribution in [2.45, 2.75) is 63.2 Å². The number of nitrogens with one attached hydrogen (secondary N) is 1. The van der Waals surface area contributed by atoms with Crippen LogP contribution in [0.25, 0.3) is 10.9 Å². The Morgan fingerprint density at radius 1 is 1.25 bits per heavy atom. The lowest BCUT2D eigenvalue weighted by Gasteiger charge is -2.36. The fourth-order valence-electron chi connectivity index (χ4n) is 5.05. The highest BCUT2D eigenvalue weighted by atomic mass is 16.2. The maximum Gasteiger partial charge on any atom is 0.272 e. The van der Waals surface area contributed by atoms with Crippen molar-refractivity contribution in [2.75, 3.05) is 7.05 Å². The van der Waals surface area contributed by atoms with Crippen LogP contribution in [-0.2, 0) is 13.0 Å². The first-order valence-corrected chi connectivity index (χ1v) is 9.22. The molecule has 126 valence electrons. The molecule has 1 amide bonds. The summed E-state index contributed by atoms with van der Waals surface area (Å²) >= 11 is 0. The van der Waals surface area contributed by atoms with Gasteiger partial charge in [-0.25, -0.2) is 0 Å². The molecule has 3 aliphatic rings. The lowest BCUT2D eigenvalue weighted by molar-refractivity contribution is 0.0878. The Morgan fingerprint density at radius 2 is 2.04 bits per heavy atom. The van der Waals surface area contributed by atoms with E-state index in [9.17, 15) is 4.79 Å². The van der Waals surface area contributed by atoms with Crippen molar-refractivity contribution < 1.29 is 4.79 Å². The van der Waals surface area contributed by atoms with Crippen molar-refractivity contribution in [3.05, 3.63) is 29.5 Å². The molecule has 3 aliphatic heterocycles. The summed E-state index contributed by atoms with van der Waals surface area (Å²) in [5.41, 5.74) is 3.10. The number of aryl methyl sites for hydroxylation is 2. The second-order valence-corrected chi connectivity index (χ2v) is 7.68. The van der Waals surface area contributed by atoms with Crippen molar-refractivity contribution in [3.63, 3.8) is 0 Å². The highest BCUT2D eigenvalue weighted by Gasteiger charge is 2.39. The van der Waals surface area contributed by atoms with Gasteiger partial charge in [0.05, 0.1) is 5.52 Å². The summed E-state index contributed by atoms with van der Waals surface area (Å²) in [5.74, 6) is 0.00625. The van der Waals surface area contributed by atoms with Crippen LogP contribution in [0.2, 0.25) is 0 Å². The normalized spacial score (nSPS) is 29.1. The van der Waals surface area contributed by atoms with Gasteiger partial charge in [0, 0.05) is 30.1 Å². The van der Waals surface area contributed by atoms with E-state index in [2.05, 4.69) is 34.5 Å². The third-order valence-electron chi connectivity index (χ3n) is 6.32. The molecule has 2 fully saturated rings. The van der Waals surface area contributed by atoms with Crippen molar-refractivity contribution in [1.82, 2.24) is 20.0 Å². The molecule has 1 aromatic carbocycles. The molecule has 0 aliphatic carbocycles. The average molecular weight is 324 g/mol. The van der Waals surface area contributed by atoms with Gasteiger partial charge in [0.1, 0.15) is 0 Å². The molecule has 2 bridgehead atoms. The van der Waals surface area contributed by atoms with Crippen LogP contribution in [0.1, 0.15) is 48.2 Å². The van der Waals surface area contributed by atoms with Gasteiger partial charge in [0.15, 0.2) is 5.69 Å². The fourth-order valence-corrected chi connectivity index (χ4v) is 5.05. The molecule has 2 saturated heterocycles. The minimum Gasteiger partial charge on any atom is -0.348 e. The number of fused-ring (bicyclic) bond motifs is 2. The third-order valence-corrected chi connectivity index (χ3v) is 6.32. The summed E-state index contributed by atoms with van der Waals surface area (Å²) in [6.45, 7) is 0.916. The van der Waals surface area contributed by atoms with E-state index in [1.165, 1.54) is 18.4 Å². The summed E-state index contributed by atoms with van der Waals surface area (Å²) in [6, 6.07) is 7.83. The van der Waals surface area contributed by atoms with Gasteiger partial charge >= 0.3 is 0 Å². The Labute approximate surface area is 142 Å². The standard InChI is InChI=1S/C19H24N4O/c1-22-14-7-8-15(22)11-13(10-14)20-19(24)17-16-6-2-4-12-5-3-9-23(21-17)18(12)16/h2,4,6,13-15H,3,5,7-11H2,1H3,(H,20,24). The predicted molar refractivity (Wildman–Crippen MR) is 93.1 cm³/mol. The van der Waals surface area contributed by atoms with Gasteiger partial charge in [0.25, 0.3) is 5.91 Å². The number of carbonyl (C=O) groups excluding carboxylic acids is 1. The minimum atomic E-state index is 0.00625. The number of benzene rings is 1. The van der Waals surface area contributed by atoms with Crippen molar-refractivity contribution in [3.8, 4) is 0 Å². The van der Waals surface area contributed by atoms with E-state index in [-0.39, 0.29) is 5.91 Å². The van der Waals surface area contributed by atoms with Crippen LogP contribution in [0, 0.1) is 0 Å². The number of para-hydroxylation sites is 1. The molecule has 0 saturated carbocycles. The first-order valence-electron chi connectivity index (χ1n) is 9.22. The van der Waals surface area contributed by atoms with E-state index >= 15 is 0 Å². The van der Waals surface area contributed by atoms with E-state index in [4.69, 9.17) is 0 Å². The van der Waals surface area contributed by atoms with Gasteiger partial charge in [-0.1, -0.05) is 18.2 Å². The average Bonchev–Trinajstić information content (AvgIpc) is 3.04. The molecule has 5 heteroatoms. The second kappa shape index (κ2) is 5.31. The number of amides is 1. The largest absolute Gasteiger partial charge is 0.348 e. The summed E-state index contributed by atoms with van der Waals surface area (Å²) in [7, 11) is 2.23. The molecule has 1 aromatic heterocycles. The zero-order valence-corrected chi connectivity index (χ0v) is 14.2. The number of nitrogens with zero attached hydrogens (tertiary/aromatic N) is 3. The number of hydrogen-bond acceptors (Lipinski definition) is 3. The fraction of sp³-hybridized carbons (Fsp3) is 0.579. The number of piperidine rings is 1. The zero-order valence-electron chi connectivity index (χ0n) is 14.2. The maximum absolute atomic E-state index is 12.9. The molecule has 2 atom stereocenters. The molecular formula is C19H24N4O. The summed E-state index contributed by atoms with van der Waals surface area (Å²) in [5, 5.41) is 8.95. The van der Waals surface area contributed by atoms with Gasteiger partial charge in [-0.2, -0.15) is 5.10 Å². The molecule has 4 heterocycles. The highest BCUT2D eigenvalue weighted by Crippen LogP contribution is 2.34. The van der Waals surface area contributed by atoms with Crippen LogP contribution in [0.5, 0.6) is 0 Å². The van der Waals surface area contributed by atoms with Crippen LogP contribution < -0.4 is 5.32 Å². The van der Waals surface area contributed by atoms with Crippen molar-refractivity contribution in [2.24, 2.45) is 0 Å². The van der Waals surface area contributed by atoms with Gasteiger partial charge in [-0.3, -0.25) is 9.48 Å². The molecule has 24 heavy (non-hydrogen) atoms. The van der Waals surface area contributed by atoms with E-state index < -0.39 is 0 Å². The topological polar surface area (TPSA) is 50.2 Å². The van der Waals surface area contributed by atoms with Crippen LogP contribution in [0.15, 0.2) is 18.2 Å². The Balaban J connectivity index is 1.42. The van der Waals surface area contributed by atoms with E-state index in [1.54, 1.807) is 0 Å². The molecule has 0 spiro atoms. The first-order chi connectivity index (χ1) is 11.7. The highest BCUT2D eigenvalue weighted by molar-refractivity contribution is 6.05. The van der Waals surface area contributed by atoms with Gasteiger partial charge in [-0.05, 0) is 51.1 Å². The SMILES string of the molecule is CN1C2CCC1CC(NC(=O)c1nn3c4c(cccc14)CCC3)C2. The zero-order chi connectivity index (χ0) is 16.3. The van der Waals surface area contributed by atoms with Crippen LogP contribution in [0.3, 0.4) is 0 Å². The van der Waals surface area contributed by atoms with Crippen molar-refractivity contribution in [1.29, 1.82) is 0 Å².